The van der Waals surface area contributed by atoms with E-state index in [4.69, 9.17) is 16.3 Å². The Kier molecular flexibility index (Phi) is 4.76. The molecule has 1 amide bonds. The largest absolute Gasteiger partial charge is 0.466 e. The van der Waals surface area contributed by atoms with E-state index >= 15 is 0 Å². The van der Waals surface area contributed by atoms with Crippen LogP contribution in [0.2, 0.25) is 5.02 Å². The Labute approximate surface area is 141 Å². The van der Waals surface area contributed by atoms with Crippen molar-refractivity contribution in [1.29, 1.82) is 0 Å². The van der Waals surface area contributed by atoms with Gasteiger partial charge in [-0.1, -0.05) is 11.6 Å². The molecule has 0 aromatic heterocycles. The standard InChI is InChI=1S/C17H21ClN2O3/c1-2-23-17(22)12-9-16(21)20(11-12)13-5-6-15(14(18)10-13)19-7-3-4-8-19/h5-6,10,12H,2-4,7-9,11H2,1H3. The second kappa shape index (κ2) is 6.79. The molecule has 2 aliphatic rings. The van der Waals surface area contributed by atoms with Gasteiger partial charge in [-0.15, -0.1) is 0 Å². The zero-order valence-electron chi connectivity index (χ0n) is 13.3. The number of hydrogen-bond donors (Lipinski definition) is 0. The SMILES string of the molecule is CCOC(=O)C1CC(=O)N(c2ccc(N3CCCC3)c(Cl)c2)C1. The van der Waals surface area contributed by atoms with Crippen molar-refractivity contribution in [3.63, 3.8) is 0 Å². The molecule has 124 valence electrons. The number of halogens is 1. The number of carbonyl (C=O) groups excluding carboxylic acids is 2. The Morgan fingerprint density at radius 2 is 2.09 bits per heavy atom. The molecule has 1 aromatic rings. The van der Waals surface area contributed by atoms with Gasteiger partial charge < -0.3 is 14.5 Å². The number of carbonyl (C=O) groups is 2. The molecule has 0 aliphatic carbocycles. The maximum absolute atomic E-state index is 12.2. The topological polar surface area (TPSA) is 49.9 Å². The summed E-state index contributed by atoms with van der Waals surface area (Å²) in [7, 11) is 0. The second-order valence-electron chi connectivity index (χ2n) is 5.99. The Bertz CT molecular complexity index is 614. The van der Waals surface area contributed by atoms with Gasteiger partial charge in [-0.25, -0.2) is 0 Å². The normalized spacial score (nSPS) is 21.1. The highest BCUT2D eigenvalue weighted by Gasteiger charge is 2.36. The fourth-order valence-electron chi connectivity index (χ4n) is 3.25. The van der Waals surface area contributed by atoms with Gasteiger partial charge in [0, 0.05) is 31.7 Å². The predicted molar refractivity (Wildman–Crippen MR) is 90.0 cm³/mol. The summed E-state index contributed by atoms with van der Waals surface area (Å²) in [5.41, 5.74) is 1.76. The Hall–Kier alpha value is -1.75. The van der Waals surface area contributed by atoms with Crippen molar-refractivity contribution in [3.05, 3.63) is 23.2 Å². The van der Waals surface area contributed by atoms with Crippen LogP contribution in [-0.2, 0) is 14.3 Å². The summed E-state index contributed by atoms with van der Waals surface area (Å²) in [6, 6.07) is 5.69. The van der Waals surface area contributed by atoms with Gasteiger partial charge >= 0.3 is 5.97 Å². The molecule has 1 aromatic carbocycles. The van der Waals surface area contributed by atoms with Crippen LogP contribution in [0.15, 0.2) is 18.2 Å². The molecular weight excluding hydrogens is 316 g/mol. The van der Waals surface area contributed by atoms with Crippen LogP contribution >= 0.6 is 11.6 Å². The molecule has 0 bridgehead atoms. The zero-order chi connectivity index (χ0) is 16.4. The van der Waals surface area contributed by atoms with E-state index in [0.29, 0.717) is 18.2 Å². The fourth-order valence-corrected chi connectivity index (χ4v) is 3.55. The van der Waals surface area contributed by atoms with Crippen molar-refractivity contribution in [3.8, 4) is 0 Å². The monoisotopic (exact) mass is 336 g/mol. The van der Waals surface area contributed by atoms with Crippen LogP contribution in [0.3, 0.4) is 0 Å². The number of esters is 1. The van der Waals surface area contributed by atoms with Gasteiger partial charge in [-0.05, 0) is 38.0 Å². The minimum absolute atomic E-state index is 0.0620. The first-order valence-electron chi connectivity index (χ1n) is 8.11. The first-order valence-corrected chi connectivity index (χ1v) is 8.49. The predicted octanol–water partition coefficient (Wildman–Crippen LogP) is 2.86. The average molecular weight is 337 g/mol. The van der Waals surface area contributed by atoms with E-state index in [1.54, 1.807) is 11.8 Å². The molecule has 0 spiro atoms. The van der Waals surface area contributed by atoms with Crippen LogP contribution in [0, 0.1) is 5.92 Å². The first-order chi connectivity index (χ1) is 11.1. The minimum Gasteiger partial charge on any atom is -0.466 e. The van der Waals surface area contributed by atoms with E-state index in [1.807, 2.05) is 18.2 Å². The van der Waals surface area contributed by atoms with E-state index in [-0.39, 0.29) is 24.2 Å². The molecule has 0 radical (unpaired) electrons. The number of nitrogens with zero attached hydrogens (tertiary/aromatic N) is 2. The summed E-state index contributed by atoms with van der Waals surface area (Å²) in [5, 5.41) is 0.650. The molecule has 0 saturated carbocycles. The van der Waals surface area contributed by atoms with Gasteiger partial charge in [0.15, 0.2) is 0 Å². The lowest BCUT2D eigenvalue weighted by atomic mass is 10.1. The molecule has 3 rings (SSSR count). The van der Waals surface area contributed by atoms with Gasteiger partial charge in [0.25, 0.3) is 0 Å². The Balaban J connectivity index is 1.75. The van der Waals surface area contributed by atoms with Crippen LogP contribution < -0.4 is 9.80 Å². The molecule has 2 aliphatic heterocycles. The molecular formula is C17H21ClN2O3. The maximum Gasteiger partial charge on any atom is 0.311 e. The number of ether oxygens (including phenoxy) is 1. The van der Waals surface area contributed by atoms with Gasteiger partial charge in [0.2, 0.25) is 5.91 Å². The highest BCUT2D eigenvalue weighted by atomic mass is 35.5. The van der Waals surface area contributed by atoms with E-state index in [1.165, 1.54) is 12.8 Å². The highest BCUT2D eigenvalue weighted by molar-refractivity contribution is 6.33. The van der Waals surface area contributed by atoms with Crippen molar-refractivity contribution < 1.29 is 14.3 Å². The third-order valence-corrected chi connectivity index (χ3v) is 4.74. The van der Waals surface area contributed by atoms with E-state index < -0.39 is 0 Å². The van der Waals surface area contributed by atoms with Crippen LogP contribution in [0.1, 0.15) is 26.2 Å². The first kappa shape index (κ1) is 16.1. The molecule has 5 nitrogen and oxygen atoms in total. The Morgan fingerprint density at radius 3 is 2.74 bits per heavy atom. The van der Waals surface area contributed by atoms with Crippen LogP contribution in [0.4, 0.5) is 11.4 Å². The Morgan fingerprint density at radius 1 is 1.35 bits per heavy atom. The number of anilines is 2. The average Bonchev–Trinajstić information content (AvgIpc) is 3.17. The number of hydrogen-bond acceptors (Lipinski definition) is 4. The summed E-state index contributed by atoms with van der Waals surface area (Å²) in [6.45, 7) is 4.50. The van der Waals surface area contributed by atoms with Crippen molar-refractivity contribution in [1.82, 2.24) is 0 Å². The van der Waals surface area contributed by atoms with Gasteiger partial charge in [0.1, 0.15) is 0 Å². The molecule has 2 saturated heterocycles. The smallest absolute Gasteiger partial charge is 0.311 e. The van der Waals surface area contributed by atoms with Crippen molar-refractivity contribution in [2.45, 2.75) is 26.2 Å². The van der Waals surface area contributed by atoms with Gasteiger partial charge in [0.05, 0.1) is 23.2 Å². The summed E-state index contributed by atoms with van der Waals surface area (Å²) in [4.78, 5) is 27.9. The van der Waals surface area contributed by atoms with Crippen LogP contribution in [0.5, 0.6) is 0 Å². The number of amides is 1. The van der Waals surface area contributed by atoms with E-state index in [9.17, 15) is 9.59 Å². The fraction of sp³-hybridized carbons (Fsp3) is 0.529. The van der Waals surface area contributed by atoms with Crippen molar-refractivity contribution in [2.24, 2.45) is 5.92 Å². The molecule has 1 atom stereocenters. The van der Waals surface area contributed by atoms with Crippen molar-refractivity contribution >= 4 is 34.9 Å². The molecule has 0 N–H and O–H groups in total. The van der Waals surface area contributed by atoms with Crippen molar-refractivity contribution in [2.75, 3.05) is 36.0 Å². The molecule has 6 heteroatoms. The zero-order valence-corrected chi connectivity index (χ0v) is 14.0. The number of rotatable bonds is 4. The molecule has 23 heavy (non-hydrogen) atoms. The van der Waals surface area contributed by atoms with E-state index in [0.717, 1.165) is 24.5 Å². The van der Waals surface area contributed by atoms with Crippen LogP contribution in [-0.4, -0.2) is 38.1 Å². The minimum atomic E-state index is -0.389. The lowest BCUT2D eigenvalue weighted by Crippen LogP contribution is -2.26. The molecule has 1 unspecified atom stereocenters. The second-order valence-corrected chi connectivity index (χ2v) is 6.39. The number of benzene rings is 1. The molecule has 2 fully saturated rings. The van der Waals surface area contributed by atoms with E-state index in [2.05, 4.69) is 4.90 Å². The summed E-state index contributed by atoms with van der Waals surface area (Å²) in [5.74, 6) is -0.754. The highest BCUT2D eigenvalue weighted by Crippen LogP contribution is 2.34. The van der Waals surface area contributed by atoms with Gasteiger partial charge in [-0.3, -0.25) is 9.59 Å². The maximum atomic E-state index is 12.2. The quantitative estimate of drug-likeness (QED) is 0.793. The molecule has 2 heterocycles. The summed E-state index contributed by atoms with van der Waals surface area (Å²) in [6.07, 6.45) is 2.57. The lowest BCUT2D eigenvalue weighted by Gasteiger charge is -2.22. The van der Waals surface area contributed by atoms with Crippen LogP contribution in [0.25, 0.3) is 0 Å². The van der Waals surface area contributed by atoms with Gasteiger partial charge in [-0.2, -0.15) is 0 Å². The third kappa shape index (κ3) is 3.29. The summed E-state index contributed by atoms with van der Waals surface area (Å²) < 4.78 is 5.02. The lowest BCUT2D eigenvalue weighted by molar-refractivity contribution is -0.147. The third-order valence-electron chi connectivity index (χ3n) is 4.43. The summed E-state index contributed by atoms with van der Waals surface area (Å²) >= 11 is 6.41.